The zero-order valence-corrected chi connectivity index (χ0v) is 12.3. The van der Waals surface area contributed by atoms with Crippen molar-refractivity contribution in [1.82, 2.24) is 0 Å². The highest BCUT2D eigenvalue weighted by Gasteiger charge is 2.18. The lowest BCUT2D eigenvalue weighted by Crippen LogP contribution is -2.25. The number of rotatable bonds is 5. The smallest absolute Gasteiger partial charge is 0.121 e. The first-order valence-electron chi connectivity index (χ1n) is 5.95. The first-order chi connectivity index (χ1) is 7.89. The van der Waals surface area contributed by atoms with Gasteiger partial charge in [0, 0.05) is 0 Å². The Balaban J connectivity index is 2.41. The average molecular weight is 246 g/mol. The fourth-order valence-electron chi connectivity index (χ4n) is 1.23. The lowest BCUT2D eigenvalue weighted by Gasteiger charge is -2.19. The molecule has 92 valence electrons. The van der Waals surface area contributed by atoms with Crippen molar-refractivity contribution < 1.29 is 4.74 Å². The molecule has 2 heteroatoms. The van der Waals surface area contributed by atoms with E-state index in [1.165, 1.54) is 11.1 Å². The lowest BCUT2D eigenvalue weighted by molar-refractivity contribution is 0.272. The van der Waals surface area contributed by atoms with Crippen molar-refractivity contribution >= 4 is 14.1 Å². The zero-order valence-electron chi connectivity index (χ0n) is 11.3. The minimum atomic E-state index is -1.35. The van der Waals surface area contributed by atoms with Crippen molar-refractivity contribution in [2.75, 3.05) is 6.61 Å². The fraction of sp³-hybridized carbons (Fsp3) is 0.333. The van der Waals surface area contributed by atoms with E-state index in [1.807, 2.05) is 6.08 Å². The first kappa shape index (κ1) is 13.8. The summed E-state index contributed by atoms with van der Waals surface area (Å²) in [5, 5.41) is 0.964. The Morgan fingerprint density at radius 1 is 1.24 bits per heavy atom. The predicted octanol–water partition coefficient (Wildman–Crippen LogP) is 4.42. The number of hydrogen-bond donors (Lipinski definition) is 0. The molecular formula is C15H22OSi. The summed E-state index contributed by atoms with van der Waals surface area (Å²) in [6.45, 7) is 13.4. The molecule has 0 atom stereocenters. The van der Waals surface area contributed by atoms with Crippen molar-refractivity contribution in [2.24, 2.45) is 0 Å². The van der Waals surface area contributed by atoms with Crippen LogP contribution in [0.4, 0.5) is 0 Å². The van der Waals surface area contributed by atoms with E-state index in [9.17, 15) is 0 Å². The molecule has 0 saturated heterocycles. The van der Waals surface area contributed by atoms with E-state index in [0.717, 1.165) is 5.38 Å². The maximum Gasteiger partial charge on any atom is 0.121 e. The lowest BCUT2D eigenvalue weighted by atomic mass is 10.1. The minimum absolute atomic E-state index is 0.608. The topological polar surface area (TPSA) is 9.23 Å². The van der Waals surface area contributed by atoms with E-state index in [1.54, 1.807) is 0 Å². The second kappa shape index (κ2) is 5.87. The highest BCUT2D eigenvalue weighted by molar-refractivity contribution is 6.82. The molecule has 0 heterocycles. The Kier molecular flexibility index (Phi) is 4.76. The van der Waals surface area contributed by atoms with Crippen LogP contribution in [0.1, 0.15) is 11.1 Å². The Morgan fingerprint density at radius 2 is 1.82 bits per heavy atom. The largest absolute Gasteiger partial charge is 0.500 e. The van der Waals surface area contributed by atoms with Gasteiger partial charge in [0.25, 0.3) is 0 Å². The van der Waals surface area contributed by atoms with E-state index in [0.29, 0.717) is 6.61 Å². The maximum absolute atomic E-state index is 5.63. The highest BCUT2D eigenvalue weighted by Crippen LogP contribution is 2.13. The molecule has 0 bridgehead atoms. The van der Waals surface area contributed by atoms with Gasteiger partial charge in [-0.25, -0.2) is 0 Å². The molecule has 0 fully saturated rings. The number of benzene rings is 1. The quantitative estimate of drug-likeness (QED) is 0.552. The summed E-state index contributed by atoms with van der Waals surface area (Å²) < 4.78 is 5.63. The third-order valence-corrected chi connectivity index (χ3v) is 4.40. The third-order valence-electron chi connectivity index (χ3n) is 2.58. The molecule has 0 saturated carbocycles. The van der Waals surface area contributed by atoms with Gasteiger partial charge in [0.05, 0.1) is 5.38 Å². The molecule has 0 amide bonds. The van der Waals surface area contributed by atoms with Gasteiger partial charge in [0.2, 0.25) is 0 Å². The van der Waals surface area contributed by atoms with Crippen molar-refractivity contribution in [3.63, 3.8) is 0 Å². The Hall–Kier alpha value is -1.28. The van der Waals surface area contributed by atoms with Gasteiger partial charge >= 0.3 is 0 Å². The first-order valence-corrected chi connectivity index (χ1v) is 9.45. The summed E-state index contributed by atoms with van der Waals surface area (Å²) in [6.07, 6.45) is 4.12. The standard InChI is InChI=1S/C15H22OSi/c1-13-8-10-15(11-9-13)7-6-12-16-14(2)17(3,4)5/h6-11H,2,12H2,1,3-5H3/b7-6+. The van der Waals surface area contributed by atoms with Gasteiger partial charge in [0.1, 0.15) is 14.7 Å². The molecule has 1 aromatic carbocycles. The minimum Gasteiger partial charge on any atom is -0.500 e. The predicted molar refractivity (Wildman–Crippen MR) is 78.7 cm³/mol. The fourth-order valence-corrected chi connectivity index (χ4v) is 1.74. The molecule has 1 rings (SSSR count). The number of ether oxygens (including phenoxy) is 1. The Labute approximate surface area is 106 Å². The summed E-state index contributed by atoms with van der Waals surface area (Å²) >= 11 is 0. The van der Waals surface area contributed by atoms with E-state index in [4.69, 9.17) is 4.74 Å². The van der Waals surface area contributed by atoms with Gasteiger partial charge in [-0.05, 0) is 18.6 Å². The average Bonchev–Trinajstić information content (AvgIpc) is 2.25. The Bertz CT molecular complexity index is 396. The van der Waals surface area contributed by atoms with Crippen molar-refractivity contribution in [2.45, 2.75) is 26.6 Å². The molecule has 17 heavy (non-hydrogen) atoms. The Morgan fingerprint density at radius 3 is 2.35 bits per heavy atom. The molecule has 0 spiro atoms. The third kappa shape index (κ3) is 5.05. The van der Waals surface area contributed by atoms with Crippen LogP contribution in [0.2, 0.25) is 19.6 Å². The summed E-state index contributed by atoms with van der Waals surface area (Å²) in [4.78, 5) is 0. The molecule has 0 N–H and O–H groups in total. The monoisotopic (exact) mass is 246 g/mol. The van der Waals surface area contributed by atoms with Crippen molar-refractivity contribution in [1.29, 1.82) is 0 Å². The number of hydrogen-bond acceptors (Lipinski definition) is 1. The second-order valence-electron chi connectivity index (χ2n) is 5.30. The van der Waals surface area contributed by atoms with Crippen LogP contribution < -0.4 is 0 Å². The molecule has 0 radical (unpaired) electrons. The van der Waals surface area contributed by atoms with Crippen LogP contribution in [0.5, 0.6) is 0 Å². The second-order valence-corrected chi connectivity index (χ2v) is 10.4. The molecule has 0 aromatic heterocycles. The summed E-state index contributed by atoms with van der Waals surface area (Å²) in [7, 11) is -1.35. The highest BCUT2D eigenvalue weighted by atomic mass is 28.3. The molecule has 1 nitrogen and oxygen atoms in total. The SMILES string of the molecule is C=C(OC/C=C/c1ccc(C)cc1)[Si](C)(C)C. The van der Waals surface area contributed by atoms with Crippen LogP contribution in [0, 0.1) is 6.92 Å². The summed E-state index contributed by atoms with van der Waals surface area (Å²) in [5.41, 5.74) is 2.49. The van der Waals surface area contributed by atoms with E-state index in [2.05, 4.69) is 63.5 Å². The van der Waals surface area contributed by atoms with Crippen LogP contribution >= 0.6 is 0 Å². The molecular weight excluding hydrogens is 224 g/mol. The van der Waals surface area contributed by atoms with Crippen LogP contribution in [-0.4, -0.2) is 14.7 Å². The molecule has 0 unspecified atom stereocenters. The summed E-state index contributed by atoms with van der Waals surface area (Å²) in [5.74, 6) is 0. The molecule has 1 aromatic rings. The van der Waals surface area contributed by atoms with Crippen LogP contribution in [0.25, 0.3) is 6.08 Å². The van der Waals surface area contributed by atoms with Crippen molar-refractivity contribution in [3.8, 4) is 0 Å². The number of aryl methyl sites for hydroxylation is 1. The molecule has 0 aliphatic rings. The normalized spacial score (nSPS) is 11.8. The van der Waals surface area contributed by atoms with Gasteiger partial charge in [-0.1, -0.05) is 62.1 Å². The molecule has 0 aliphatic heterocycles. The van der Waals surface area contributed by atoms with Gasteiger partial charge in [-0.2, -0.15) is 0 Å². The summed E-state index contributed by atoms with van der Waals surface area (Å²) in [6, 6.07) is 8.45. The van der Waals surface area contributed by atoms with Gasteiger partial charge in [-0.3, -0.25) is 0 Å². The van der Waals surface area contributed by atoms with Gasteiger partial charge < -0.3 is 4.74 Å². The van der Waals surface area contributed by atoms with Crippen molar-refractivity contribution in [3.05, 3.63) is 53.4 Å². The van der Waals surface area contributed by atoms with E-state index in [-0.39, 0.29) is 0 Å². The molecule has 0 aliphatic carbocycles. The van der Waals surface area contributed by atoms with E-state index < -0.39 is 8.07 Å². The maximum atomic E-state index is 5.63. The van der Waals surface area contributed by atoms with Crippen LogP contribution in [0.15, 0.2) is 42.3 Å². The van der Waals surface area contributed by atoms with Gasteiger partial charge in [-0.15, -0.1) is 0 Å². The van der Waals surface area contributed by atoms with Gasteiger partial charge in [0.15, 0.2) is 0 Å². The zero-order chi connectivity index (χ0) is 12.9. The van der Waals surface area contributed by atoms with E-state index >= 15 is 0 Å². The van der Waals surface area contributed by atoms with Crippen LogP contribution in [0.3, 0.4) is 0 Å². The van der Waals surface area contributed by atoms with Crippen LogP contribution in [-0.2, 0) is 4.74 Å².